The normalized spacial score (nSPS) is 28.1. The fourth-order valence-corrected chi connectivity index (χ4v) is 2.82. The van der Waals surface area contributed by atoms with Crippen LogP contribution in [0.1, 0.15) is 37.7 Å². The molecule has 98 valence electrons. The van der Waals surface area contributed by atoms with Gasteiger partial charge < -0.3 is 10.6 Å². The molecule has 2 fully saturated rings. The van der Waals surface area contributed by atoms with Gasteiger partial charge in [0.15, 0.2) is 0 Å². The van der Waals surface area contributed by atoms with E-state index < -0.39 is 0 Å². The molecular weight excluding hydrogens is 220 g/mol. The maximum atomic E-state index is 3.78. The van der Waals surface area contributed by atoms with E-state index in [0.717, 1.165) is 18.5 Å². The third-order valence-electron chi connectivity index (χ3n) is 4.46. The molecule has 18 heavy (non-hydrogen) atoms. The van der Waals surface area contributed by atoms with E-state index in [1.54, 1.807) is 0 Å². The number of hydrogen-bond acceptors (Lipinski definition) is 2. The molecule has 3 rings (SSSR count). The molecule has 2 aliphatic carbocycles. The largest absolute Gasteiger partial charge is 0.316 e. The molecule has 0 saturated heterocycles. The van der Waals surface area contributed by atoms with E-state index in [1.807, 2.05) is 0 Å². The molecule has 0 bridgehead atoms. The first-order valence-electron chi connectivity index (χ1n) is 7.32. The van der Waals surface area contributed by atoms with Crippen molar-refractivity contribution in [2.75, 3.05) is 19.6 Å². The number of rotatable bonds is 7. The van der Waals surface area contributed by atoms with E-state index in [-0.39, 0.29) is 0 Å². The summed E-state index contributed by atoms with van der Waals surface area (Å²) in [5.74, 6) is 0.765. The van der Waals surface area contributed by atoms with Crippen LogP contribution in [0.15, 0.2) is 30.3 Å². The smallest absolute Gasteiger partial charge is 0.0143 e. The van der Waals surface area contributed by atoms with Crippen LogP contribution >= 0.6 is 0 Å². The van der Waals surface area contributed by atoms with Crippen molar-refractivity contribution in [3.63, 3.8) is 0 Å². The number of nitrogens with one attached hydrogen (secondary N) is 2. The molecule has 1 aromatic rings. The van der Waals surface area contributed by atoms with Crippen LogP contribution < -0.4 is 10.6 Å². The number of benzene rings is 1. The maximum Gasteiger partial charge on any atom is 0.0143 e. The van der Waals surface area contributed by atoms with Gasteiger partial charge in [0.05, 0.1) is 0 Å². The molecular formula is C16H24N2. The van der Waals surface area contributed by atoms with E-state index in [4.69, 9.17) is 0 Å². The molecule has 2 unspecified atom stereocenters. The van der Waals surface area contributed by atoms with Gasteiger partial charge in [-0.2, -0.15) is 0 Å². The molecule has 2 saturated carbocycles. The third-order valence-corrected chi connectivity index (χ3v) is 4.46. The summed E-state index contributed by atoms with van der Waals surface area (Å²) < 4.78 is 0. The van der Waals surface area contributed by atoms with E-state index >= 15 is 0 Å². The van der Waals surface area contributed by atoms with E-state index in [1.165, 1.54) is 37.9 Å². The van der Waals surface area contributed by atoms with Crippen LogP contribution in [-0.2, 0) is 0 Å². The molecule has 0 heterocycles. The van der Waals surface area contributed by atoms with Crippen LogP contribution in [0.5, 0.6) is 0 Å². The van der Waals surface area contributed by atoms with Gasteiger partial charge in [0.25, 0.3) is 0 Å². The predicted molar refractivity (Wildman–Crippen MR) is 75.8 cm³/mol. The van der Waals surface area contributed by atoms with Crippen molar-refractivity contribution in [3.05, 3.63) is 35.9 Å². The van der Waals surface area contributed by atoms with Crippen molar-refractivity contribution in [3.8, 4) is 0 Å². The highest BCUT2D eigenvalue weighted by Gasteiger charge is 2.45. The molecule has 2 heteroatoms. The van der Waals surface area contributed by atoms with Crippen molar-refractivity contribution >= 4 is 0 Å². The van der Waals surface area contributed by atoms with E-state index in [9.17, 15) is 0 Å². The van der Waals surface area contributed by atoms with Gasteiger partial charge >= 0.3 is 0 Å². The minimum absolute atomic E-state index is 0.583. The second kappa shape index (κ2) is 5.02. The Morgan fingerprint density at radius 1 is 1.17 bits per heavy atom. The molecule has 0 spiro atoms. The summed E-state index contributed by atoms with van der Waals surface area (Å²) in [7, 11) is 0. The Kier molecular flexibility index (Phi) is 3.40. The van der Waals surface area contributed by atoms with Gasteiger partial charge in [0.1, 0.15) is 0 Å². The van der Waals surface area contributed by atoms with Gasteiger partial charge in [-0.1, -0.05) is 37.3 Å². The number of hydrogen-bond donors (Lipinski definition) is 2. The zero-order valence-corrected chi connectivity index (χ0v) is 11.3. The lowest BCUT2D eigenvalue weighted by atomic mass is 10.1. The van der Waals surface area contributed by atoms with Crippen molar-refractivity contribution in [2.24, 2.45) is 5.41 Å². The van der Waals surface area contributed by atoms with Gasteiger partial charge in [-0.25, -0.2) is 0 Å². The average Bonchev–Trinajstić information content (AvgIpc) is 3.31. The molecule has 2 nitrogen and oxygen atoms in total. The van der Waals surface area contributed by atoms with Gasteiger partial charge in [-0.15, -0.1) is 0 Å². The fraction of sp³-hybridized carbons (Fsp3) is 0.625. The Morgan fingerprint density at radius 3 is 2.61 bits per heavy atom. The van der Waals surface area contributed by atoms with Crippen LogP contribution in [0.25, 0.3) is 0 Å². The highest BCUT2D eigenvalue weighted by Crippen LogP contribution is 2.46. The highest BCUT2D eigenvalue weighted by molar-refractivity contribution is 5.27. The summed E-state index contributed by atoms with van der Waals surface area (Å²) >= 11 is 0. The summed E-state index contributed by atoms with van der Waals surface area (Å²) in [5.41, 5.74) is 2.09. The van der Waals surface area contributed by atoms with Crippen LogP contribution in [0.2, 0.25) is 0 Å². The minimum Gasteiger partial charge on any atom is -0.316 e. The summed E-state index contributed by atoms with van der Waals surface area (Å²) in [6.07, 6.45) is 4.12. The quantitative estimate of drug-likeness (QED) is 0.770. The lowest BCUT2D eigenvalue weighted by molar-refractivity contribution is 0.425. The molecule has 1 aromatic carbocycles. The topological polar surface area (TPSA) is 24.1 Å². The Bertz CT molecular complexity index is 383. The molecule has 0 aromatic heterocycles. The van der Waals surface area contributed by atoms with Gasteiger partial charge in [0, 0.05) is 25.0 Å². The minimum atomic E-state index is 0.583. The first kappa shape index (κ1) is 12.2. The molecule has 0 amide bonds. The Hall–Kier alpha value is -0.860. The van der Waals surface area contributed by atoms with Crippen molar-refractivity contribution in [1.29, 1.82) is 0 Å². The van der Waals surface area contributed by atoms with Crippen LogP contribution in [0.3, 0.4) is 0 Å². The first-order chi connectivity index (χ1) is 8.83. The molecule has 0 aliphatic heterocycles. The second-order valence-corrected chi connectivity index (χ2v) is 6.02. The summed E-state index contributed by atoms with van der Waals surface area (Å²) in [5, 5.41) is 7.27. The highest BCUT2D eigenvalue weighted by atomic mass is 15.0. The standard InChI is InChI=1S/C16H24N2/c1-2-17-11-16(8-9-16)12-18-15-10-14(15)13-6-4-3-5-7-13/h3-7,14-15,17-18H,2,8-12H2,1H3. The average molecular weight is 244 g/mol. The zero-order chi connectivity index (χ0) is 12.4. The van der Waals surface area contributed by atoms with E-state index in [2.05, 4.69) is 47.9 Å². The molecule has 0 radical (unpaired) electrons. The van der Waals surface area contributed by atoms with Crippen molar-refractivity contribution < 1.29 is 0 Å². The fourth-order valence-electron chi connectivity index (χ4n) is 2.82. The molecule has 2 N–H and O–H groups in total. The summed E-state index contributed by atoms with van der Waals surface area (Å²) in [6, 6.07) is 11.7. The van der Waals surface area contributed by atoms with Gasteiger partial charge in [-0.3, -0.25) is 0 Å². The lowest BCUT2D eigenvalue weighted by Crippen LogP contribution is -2.34. The third kappa shape index (κ3) is 2.76. The van der Waals surface area contributed by atoms with Crippen LogP contribution in [0.4, 0.5) is 0 Å². The Balaban J connectivity index is 1.44. The SMILES string of the molecule is CCNCC1(CNC2CC2c2ccccc2)CC1. The lowest BCUT2D eigenvalue weighted by Gasteiger charge is -2.16. The Labute approximate surface area is 110 Å². The zero-order valence-electron chi connectivity index (χ0n) is 11.3. The summed E-state index contributed by atoms with van der Waals surface area (Å²) in [4.78, 5) is 0. The van der Waals surface area contributed by atoms with Crippen LogP contribution in [-0.4, -0.2) is 25.7 Å². The van der Waals surface area contributed by atoms with Crippen molar-refractivity contribution in [2.45, 2.75) is 38.1 Å². The predicted octanol–water partition coefficient (Wildman–Crippen LogP) is 2.52. The van der Waals surface area contributed by atoms with Gasteiger partial charge in [-0.05, 0) is 36.8 Å². The summed E-state index contributed by atoms with van der Waals surface area (Å²) in [6.45, 7) is 5.68. The van der Waals surface area contributed by atoms with Gasteiger partial charge in [0.2, 0.25) is 0 Å². The second-order valence-electron chi connectivity index (χ2n) is 6.02. The monoisotopic (exact) mass is 244 g/mol. The Morgan fingerprint density at radius 2 is 1.94 bits per heavy atom. The molecule has 2 atom stereocenters. The molecule has 2 aliphatic rings. The first-order valence-corrected chi connectivity index (χ1v) is 7.32. The maximum absolute atomic E-state index is 3.78. The van der Waals surface area contributed by atoms with Crippen molar-refractivity contribution in [1.82, 2.24) is 10.6 Å². The van der Waals surface area contributed by atoms with Crippen LogP contribution in [0, 0.1) is 5.41 Å². The van der Waals surface area contributed by atoms with E-state index in [0.29, 0.717) is 5.41 Å².